The largest absolute Gasteiger partial charge is 0.417 e. The van der Waals surface area contributed by atoms with Crippen molar-refractivity contribution in [3.8, 4) is 0 Å². The quantitative estimate of drug-likeness (QED) is 0.794. The van der Waals surface area contributed by atoms with Gasteiger partial charge in [0.2, 0.25) is 0 Å². The second kappa shape index (κ2) is 4.30. The van der Waals surface area contributed by atoms with Crippen molar-refractivity contribution in [2.24, 2.45) is 4.36 Å². The molecule has 1 amide bonds. The monoisotopic (exact) mass is 269 g/mol. The van der Waals surface area contributed by atoms with Crippen LogP contribution >= 0.6 is 11.6 Å². The Labute approximate surface area is 97.8 Å². The van der Waals surface area contributed by atoms with Crippen molar-refractivity contribution >= 4 is 35.8 Å². The molecule has 1 heterocycles. The lowest BCUT2D eigenvalue weighted by Gasteiger charge is -2.11. The SMILES string of the molecule is Nc1nc(Cl)cc(C(F)(F)F)c1C(=O)N=S. The van der Waals surface area contributed by atoms with Crippen LogP contribution in [0.3, 0.4) is 0 Å². The van der Waals surface area contributed by atoms with Crippen molar-refractivity contribution in [2.75, 3.05) is 5.73 Å². The zero-order chi connectivity index (χ0) is 12.5. The van der Waals surface area contributed by atoms with Crippen LogP contribution in [0.1, 0.15) is 15.9 Å². The summed E-state index contributed by atoms with van der Waals surface area (Å²) < 4.78 is 40.3. The maximum absolute atomic E-state index is 12.5. The van der Waals surface area contributed by atoms with E-state index in [4.69, 9.17) is 17.3 Å². The summed E-state index contributed by atoms with van der Waals surface area (Å²) in [5, 5.41) is -0.467. The van der Waals surface area contributed by atoms with Crippen molar-refractivity contribution in [2.45, 2.75) is 6.18 Å². The number of anilines is 1. The molecule has 0 aliphatic heterocycles. The van der Waals surface area contributed by atoms with Crippen LogP contribution in [0, 0.1) is 0 Å². The Hall–Kier alpha value is -1.28. The van der Waals surface area contributed by atoms with Crippen molar-refractivity contribution in [1.29, 1.82) is 0 Å². The smallest absolute Gasteiger partial charge is 0.383 e. The number of aromatic nitrogens is 1. The highest BCUT2D eigenvalue weighted by Crippen LogP contribution is 2.35. The van der Waals surface area contributed by atoms with Gasteiger partial charge in [-0.2, -0.15) is 13.2 Å². The molecule has 9 heteroatoms. The minimum atomic E-state index is -4.79. The van der Waals surface area contributed by atoms with E-state index in [-0.39, 0.29) is 0 Å². The number of carbonyl (C=O) groups excluding carboxylic acids is 1. The second-order valence-electron chi connectivity index (χ2n) is 2.65. The van der Waals surface area contributed by atoms with E-state index in [9.17, 15) is 18.0 Å². The van der Waals surface area contributed by atoms with Crippen molar-refractivity contribution < 1.29 is 18.0 Å². The van der Waals surface area contributed by atoms with Crippen molar-refractivity contribution in [1.82, 2.24) is 4.98 Å². The van der Waals surface area contributed by atoms with Crippen LogP contribution in [-0.4, -0.2) is 10.9 Å². The second-order valence-corrected chi connectivity index (χ2v) is 3.22. The molecule has 1 aromatic rings. The Morgan fingerprint density at radius 3 is 2.56 bits per heavy atom. The maximum Gasteiger partial charge on any atom is 0.417 e. The van der Waals surface area contributed by atoms with Gasteiger partial charge in [-0.25, -0.2) is 4.98 Å². The molecule has 16 heavy (non-hydrogen) atoms. The Bertz CT molecular complexity index is 463. The Morgan fingerprint density at radius 2 is 2.12 bits per heavy atom. The Morgan fingerprint density at radius 1 is 1.56 bits per heavy atom. The van der Waals surface area contributed by atoms with Crippen LogP contribution in [0.2, 0.25) is 5.15 Å². The molecule has 0 saturated heterocycles. The summed E-state index contributed by atoms with van der Waals surface area (Å²) in [6, 6.07) is 0.492. The van der Waals surface area contributed by atoms with E-state index in [1.54, 1.807) is 0 Å². The standard InChI is InChI=1S/C7H3ClF3N3OS/c8-3-1-2(7(9,10)11)4(5(12)13-3)6(15)14-16/h1H,(H2,12,13). The number of rotatable bonds is 1. The normalized spacial score (nSPS) is 11.2. The fourth-order valence-corrected chi connectivity index (χ4v) is 1.32. The summed E-state index contributed by atoms with van der Waals surface area (Å²) >= 11 is 9.34. The van der Waals surface area contributed by atoms with Crippen LogP contribution in [0.5, 0.6) is 0 Å². The molecule has 4 nitrogen and oxygen atoms in total. The van der Waals surface area contributed by atoms with Gasteiger partial charge in [0.25, 0.3) is 5.91 Å². The van der Waals surface area contributed by atoms with Crippen LogP contribution in [0.15, 0.2) is 10.4 Å². The first-order valence-electron chi connectivity index (χ1n) is 3.68. The van der Waals surface area contributed by atoms with Gasteiger partial charge in [0, 0.05) is 12.4 Å². The van der Waals surface area contributed by atoms with Crippen molar-refractivity contribution in [3.05, 3.63) is 22.3 Å². The highest BCUT2D eigenvalue weighted by molar-refractivity contribution is 7.47. The number of halogens is 4. The highest BCUT2D eigenvalue weighted by atomic mass is 35.5. The summed E-state index contributed by atoms with van der Waals surface area (Å²) in [5.74, 6) is -1.93. The van der Waals surface area contributed by atoms with E-state index in [1.165, 1.54) is 0 Å². The molecule has 0 saturated carbocycles. The molecule has 0 aliphatic rings. The minimum Gasteiger partial charge on any atom is -0.383 e. The summed E-state index contributed by atoms with van der Waals surface area (Å²) in [4.78, 5) is 14.4. The van der Waals surface area contributed by atoms with Gasteiger partial charge < -0.3 is 5.73 Å². The first-order chi connectivity index (χ1) is 7.27. The lowest BCUT2D eigenvalue weighted by Crippen LogP contribution is -2.15. The molecule has 2 N–H and O–H groups in total. The van der Waals surface area contributed by atoms with Crippen LogP contribution in [0.25, 0.3) is 0 Å². The van der Waals surface area contributed by atoms with Crippen LogP contribution < -0.4 is 5.73 Å². The third kappa shape index (κ3) is 2.45. The maximum atomic E-state index is 12.5. The molecule has 0 unspecified atom stereocenters. The number of amides is 1. The summed E-state index contributed by atoms with van der Waals surface area (Å²) in [6.45, 7) is 0. The number of hydrogen-bond donors (Lipinski definition) is 1. The number of pyridine rings is 1. The zero-order valence-corrected chi connectivity index (χ0v) is 8.95. The zero-order valence-electron chi connectivity index (χ0n) is 7.38. The van der Waals surface area contributed by atoms with Crippen LogP contribution in [-0.2, 0) is 18.6 Å². The Balaban J connectivity index is 3.57. The van der Waals surface area contributed by atoms with Gasteiger partial charge in [0.15, 0.2) is 0 Å². The first-order valence-corrected chi connectivity index (χ1v) is 4.42. The molecular formula is C7H3ClF3N3OS. The Kier molecular flexibility index (Phi) is 3.44. The average Bonchev–Trinajstić information content (AvgIpc) is 2.14. The molecule has 0 spiro atoms. The molecule has 1 rings (SSSR count). The molecular weight excluding hydrogens is 267 g/mol. The third-order valence-corrected chi connectivity index (χ3v) is 1.98. The minimum absolute atomic E-state index is 0.467. The number of alkyl halides is 3. The van der Waals surface area contributed by atoms with E-state index < -0.39 is 34.2 Å². The van der Waals surface area contributed by atoms with E-state index >= 15 is 0 Å². The van der Waals surface area contributed by atoms with Gasteiger partial charge >= 0.3 is 6.18 Å². The van der Waals surface area contributed by atoms with Crippen molar-refractivity contribution in [3.63, 3.8) is 0 Å². The van der Waals surface area contributed by atoms with Gasteiger partial charge in [-0.1, -0.05) is 11.6 Å². The number of nitrogen functional groups attached to an aromatic ring is 1. The van der Waals surface area contributed by atoms with Gasteiger partial charge in [0.1, 0.15) is 11.0 Å². The molecule has 1 aromatic heterocycles. The molecule has 0 radical (unpaired) electrons. The highest BCUT2D eigenvalue weighted by Gasteiger charge is 2.37. The fraction of sp³-hybridized carbons (Fsp3) is 0.143. The fourth-order valence-electron chi connectivity index (χ4n) is 1.03. The molecule has 0 aromatic carbocycles. The van der Waals surface area contributed by atoms with Crippen LogP contribution in [0.4, 0.5) is 19.0 Å². The molecule has 0 atom stereocenters. The van der Waals surface area contributed by atoms with E-state index in [0.717, 1.165) is 0 Å². The summed E-state index contributed by atoms with van der Waals surface area (Å²) in [7, 11) is 0. The first kappa shape index (κ1) is 12.8. The topological polar surface area (TPSA) is 68.3 Å². The number of carbonyl (C=O) groups is 1. The predicted molar refractivity (Wildman–Crippen MR) is 52.8 cm³/mol. The van der Waals surface area contributed by atoms with Gasteiger partial charge in [0.05, 0.1) is 11.1 Å². The molecule has 0 bridgehead atoms. The average molecular weight is 270 g/mol. The number of nitrogens with zero attached hydrogens (tertiary/aromatic N) is 2. The number of nitrogens with two attached hydrogens (primary N) is 1. The summed E-state index contributed by atoms with van der Waals surface area (Å²) in [5.41, 5.74) is 2.99. The summed E-state index contributed by atoms with van der Waals surface area (Å²) in [6.07, 6.45) is -4.79. The van der Waals surface area contributed by atoms with Gasteiger partial charge in [-0.3, -0.25) is 4.79 Å². The van der Waals surface area contributed by atoms with E-state index in [0.29, 0.717) is 6.07 Å². The lowest BCUT2D eigenvalue weighted by atomic mass is 10.1. The predicted octanol–water partition coefficient (Wildman–Crippen LogP) is 2.21. The van der Waals surface area contributed by atoms with E-state index in [1.807, 2.05) is 0 Å². The van der Waals surface area contributed by atoms with Gasteiger partial charge in [-0.15, -0.1) is 4.36 Å². The third-order valence-electron chi connectivity index (χ3n) is 1.62. The van der Waals surface area contributed by atoms with E-state index in [2.05, 4.69) is 21.8 Å². The number of hydrogen-bond acceptors (Lipinski definition) is 4. The molecule has 0 aliphatic carbocycles. The molecule has 0 fully saturated rings. The lowest BCUT2D eigenvalue weighted by molar-refractivity contribution is -0.137. The molecule has 86 valence electrons. The van der Waals surface area contributed by atoms with Gasteiger partial charge in [-0.05, 0) is 6.07 Å².